The van der Waals surface area contributed by atoms with Crippen LogP contribution in [0.15, 0.2) is 148 Å². The minimum atomic E-state index is -5.23. The van der Waals surface area contributed by atoms with Gasteiger partial charge in [-0.15, -0.1) is 20.5 Å². The molecule has 7 aromatic rings. The van der Waals surface area contributed by atoms with Crippen molar-refractivity contribution >= 4 is 110 Å². The van der Waals surface area contributed by atoms with Crippen LogP contribution in [0, 0.1) is 10.1 Å². The Morgan fingerprint density at radius 2 is 1.33 bits per heavy atom. The van der Waals surface area contributed by atoms with Crippen molar-refractivity contribution in [3.05, 3.63) is 107 Å². The van der Waals surface area contributed by atoms with E-state index >= 15 is 0 Å². The number of fused-ring (bicyclic) bond motifs is 3. The molecule has 1 amide bonds. The second kappa shape index (κ2) is 21.0. The van der Waals surface area contributed by atoms with Gasteiger partial charge < -0.3 is 34.9 Å². The summed E-state index contributed by atoms with van der Waals surface area (Å²) in [5.74, 6) is -3.63. The van der Waals surface area contributed by atoms with Crippen molar-refractivity contribution in [2.24, 2.45) is 35.8 Å². The van der Waals surface area contributed by atoms with Crippen LogP contribution in [0.25, 0.3) is 33.2 Å². The third-order valence-electron chi connectivity index (χ3n) is 10.6. The van der Waals surface area contributed by atoms with Crippen LogP contribution in [0.2, 0.25) is 0 Å². The number of carboxylic acid groups (broad SMARTS) is 1. The van der Waals surface area contributed by atoms with Crippen molar-refractivity contribution in [1.29, 1.82) is 0 Å². The van der Waals surface area contributed by atoms with Gasteiger partial charge in [0.15, 0.2) is 11.5 Å². The molecule has 6 aromatic carbocycles. The molecule has 33 heteroatoms. The second-order valence-electron chi connectivity index (χ2n) is 15.5. The molecule has 1 aliphatic heterocycles. The number of phenolic OH excluding ortho intramolecular Hbond substituents is 1. The summed E-state index contributed by atoms with van der Waals surface area (Å²) in [6.45, 7) is -1.88. The number of imidazole rings is 1. The van der Waals surface area contributed by atoms with E-state index in [-0.39, 0.29) is 63.0 Å². The van der Waals surface area contributed by atoms with Crippen molar-refractivity contribution in [3.8, 4) is 28.6 Å². The molecule has 0 bridgehead atoms. The zero-order valence-electron chi connectivity index (χ0n) is 37.9. The summed E-state index contributed by atoms with van der Waals surface area (Å²) >= 11 is 0. The molecule has 0 aliphatic carbocycles. The van der Waals surface area contributed by atoms with E-state index in [0.29, 0.717) is 22.2 Å². The number of amides is 1. The van der Waals surface area contributed by atoms with Crippen LogP contribution in [0.4, 0.5) is 39.8 Å². The van der Waals surface area contributed by atoms with Gasteiger partial charge in [0.2, 0.25) is 6.04 Å². The number of aliphatic hydroxyl groups is 2. The highest BCUT2D eigenvalue weighted by Crippen LogP contribution is 2.46. The van der Waals surface area contributed by atoms with Gasteiger partial charge in [-0.25, -0.2) is 9.78 Å². The maximum Gasteiger partial charge on any atom is 0.355 e. The number of carboxylic acids is 1. The van der Waals surface area contributed by atoms with Crippen molar-refractivity contribution in [1.82, 2.24) is 9.97 Å². The molecule has 1 atom stereocenters. The highest BCUT2D eigenvalue weighted by atomic mass is 32.2. The number of hydrazone groups is 1. The van der Waals surface area contributed by atoms with Gasteiger partial charge in [-0.3, -0.25) is 28.6 Å². The number of hydrogen-bond acceptors (Lipinski definition) is 23. The molecular formula is C43H33N11O19S3. The number of carbonyl (C=O) groups is 2. The first-order chi connectivity index (χ1) is 36.0. The average molecular weight is 1100 g/mol. The lowest BCUT2D eigenvalue weighted by atomic mass is 10.1. The lowest BCUT2D eigenvalue weighted by Gasteiger charge is -2.13. The number of nitro benzene ring substituents is 1. The van der Waals surface area contributed by atoms with Gasteiger partial charge in [-0.2, -0.15) is 45.6 Å². The molecule has 1 aliphatic rings. The first-order valence-corrected chi connectivity index (χ1v) is 25.4. The van der Waals surface area contributed by atoms with Crippen molar-refractivity contribution < 1.29 is 83.3 Å². The summed E-state index contributed by atoms with van der Waals surface area (Å²) in [5, 5.41) is 79.8. The Morgan fingerprint density at radius 1 is 0.724 bits per heavy atom. The first-order valence-electron chi connectivity index (χ1n) is 21.1. The predicted molar refractivity (Wildman–Crippen MR) is 260 cm³/mol. The Morgan fingerprint density at radius 3 is 1.89 bits per heavy atom. The highest BCUT2D eigenvalue weighted by molar-refractivity contribution is 7.86. The fourth-order valence-electron chi connectivity index (χ4n) is 7.14. The summed E-state index contributed by atoms with van der Waals surface area (Å²) in [6, 6.07) is 16.8. The van der Waals surface area contributed by atoms with Gasteiger partial charge in [0, 0.05) is 40.6 Å². The van der Waals surface area contributed by atoms with Gasteiger partial charge in [0.1, 0.15) is 63.1 Å². The number of H-pyrrole nitrogens is 1. The average Bonchev–Trinajstić information content (AvgIpc) is 3.99. The Balaban J connectivity index is 1.10. The topological polar surface area (TPSA) is 458 Å². The number of rotatable bonds is 19. The molecule has 8 rings (SSSR count). The highest BCUT2D eigenvalue weighted by Gasteiger charge is 2.41. The van der Waals surface area contributed by atoms with Crippen LogP contribution in [0.3, 0.4) is 0 Å². The van der Waals surface area contributed by atoms with Crippen LogP contribution in [0.1, 0.15) is 0 Å². The summed E-state index contributed by atoms with van der Waals surface area (Å²) < 4.78 is 114. The predicted octanol–water partition coefficient (Wildman–Crippen LogP) is 6.25. The zero-order chi connectivity index (χ0) is 54.9. The SMILES string of the molecule is O=C(O)C1=NN(c2ccc(S(=O)(=O)O)cc2)C(=O)C1/N=N/c1ccc(-c2nc3c(ccc4c(O)c(/N=N/c5cc(OCCO)c(/N=N/c6ccc([N+](=O)[O-])cc6S(=O)(=O)O)cc5OCCO)c(S(=O)(=O)O)cc43)[nH]2)cc1. The number of nitrogens with zero attached hydrogens (tertiary/aromatic N) is 10. The molecule has 76 heavy (non-hydrogen) atoms. The lowest BCUT2D eigenvalue weighted by molar-refractivity contribution is -0.385. The number of hydrogen-bond donors (Lipinski definition) is 8. The Hall–Kier alpha value is -9.09. The molecule has 0 saturated heterocycles. The molecule has 0 saturated carbocycles. The smallest absolute Gasteiger partial charge is 0.355 e. The molecule has 30 nitrogen and oxygen atoms in total. The number of phenols is 1. The Bertz CT molecular complexity index is 4000. The number of azo groups is 3. The van der Waals surface area contributed by atoms with E-state index in [1.54, 1.807) is 0 Å². The van der Waals surface area contributed by atoms with E-state index in [1.165, 1.54) is 36.4 Å². The fraction of sp³-hybridized carbons (Fsp3) is 0.116. The first kappa shape index (κ1) is 53.2. The molecule has 8 N–H and O–H groups in total. The number of ether oxygens (including phenoxy) is 2. The van der Waals surface area contributed by atoms with Crippen LogP contribution < -0.4 is 14.5 Å². The van der Waals surface area contributed by atoms with Gasteiger partial charge in [-0.1, -0.05) is 0 Å². The van der Waals surface area contributed by atoms with Crippen LogP contribution >= 0.6 is 0 Å². The molecule has 0 radical (unpaired) electrons. The van der Waals surface area contributed by atoms with E-state index in [1.807, 2.05) is 0 Å². The number of aliphatic hydroxyl groups excluding tert-OH is 2. The maximum atomic E-state index is 13.2. The molecule has 1 aromatic heterocycles. The van der Waals surface area contributed by atoms with Crippen molar-refractivity contribution in [2.75, 3.05) is 31.4 Å². The number of carbonyl (C=O) groups excluding carboxylic acids is 1. The number of aliphatic carboxylic acids is 1. The molecule has 0 fully saturated rings. The number of anilines is 1. The van der Waals surface area contributed by atoms with Crippen molar-refractivity contribution in [2.45, 2.75) is 20.7 Å². The van der Waals surface area contributed by atoms with E-state index in [2.05, 4.69) is 45.8 Å². The molecule has 1 unspecified atom stereocenters. The number of benzene rings is 6. The van der Waals surface area contributed by atoms with E-state index in [4.69, 9.17) is 9.47 Å². The largest absolute Gasteiger partial charge is 0.505 e. The summed E-state index contributed by atoms with van der Waals surface area (Å²) in [5.41, 5.74) is -2.31. The van der Waals surface area contributed by atoms with E-state index < -0.39 is 116 Å². The number of aromatic nitrogens is 2. The normalized spacial score (nSPS) is 14.4. The number of non-ortho nitro benzene ring substituents is 1. The zero-order valence-corrected chi connectivity index (χ0v) is 40.3. The Labute approximate surface area is 425 Å². The number of nitro groups is 1. The third-order valence-corrected chi connectivity index (χ3v) is 13.2. The van der Waals surface area contributed by atoms with E-state index in [9.17, 15) is 79.0 Å². The van der Waals surface area contributed by atoms with Gasteiger partial charge in [-0.05, 0) is 72.8 Å². The fourth-order valence-corrected chi connectivity index (χ4v) is 8.91. The van der Waals surface area contributed by atoms with Gasteiger partial charge in [0.25, 0.3) is 41.9 Å². The van der Waals surface area contributed by atoms with Crippen LogP contribution in [-0.2, 0) is 39.9 Å². The number of nitrogens with one attached hydrogen (secondary N) is 1. The third kappa shape index (κ3) is 11.2. The van der Waals surface area contributed by atoms with Crippen molar-refractivity contribution in [3.63, 3.8) is 0 Å². The summed E-state index contributed by atoms with van der Waals surface area (Å²) in [7, 11) is -14.9. The number of aromatic hydroxyl groups is 1. The van der Waals surface area contributed by atoms with E-state index in [0.717, 1.165) is 54.6 Å². The minimum Gasteiger partial charge on any atom is -0.505 e. The van der Waals surface area contributed by atoms with Gasteiger partial charge in [0.05, 0.1) is 45.4 Å². The molecule has 0 spiro atoms. The summed E-state index contributed by atoms with van der Waals surface area (Å²) in [4.78, 5) is 40.8. The molecular weight excluding hydrogens is 1070 g/mol. The second-order valence-corrected chi connectivity index (χ2v) is 19.7. The standard InChI is InChI=1S/C43H33N11O19S3/c55-13-15-72-32-20-31(33(73-16-14-56)19-30(32)48-47-28-11-7-24(54(61)62)17-34(28)75(66,67)68)49-50-37-35(76(69,70)71)18-27-26(40(37)57)10-12-29-36(27)45-41(44-29)21-1-3-22(4-2-21)46-51-38-39(43(59)60)52-53(42(38)58)23-5-8-25(9-6-23)74(63,64)65/h1-12,17-20,38,55-57H,13-16H2,(H,44,45)(H,59,60)(H,63,64,65)(H,66,67,68)(H,69,70,71)/b48-47+,50-49+,51-46+. The molecule has 2 heterocycles. The monoisotopic (exact) mass is 1100 g/mol. The molecule has 392 valence electrons. The quantitative estimate of drug-likeness (QED) is 0.0192. The number of aromatic amines is 1. The minimum absolute atomic E-state index is 0.00147. The van der Waals surface area contributed by atoms with Crippen LogP contribution in [0.5, 0.6) is 17.2 Å². The Kier molecular flexibility index (Phi) is 14.7. The van der Waals surface area contributed by atoms with Crippen LogP contribution in [-0.4, -0.2) is 124 Å². The maximum absolute atomic E-state index is 13.2. The van der Waals surface area contributed by atoms with Gasteiger partial charge >= 0.3 is 5.97 Å². The summed E-state index contributed by atoms with van der Waals surface area (Å²) in [6.07, 6.45) is 0. The lowest BCUT2D eigenvalue weighted by Crippen LogP contribution is -2.33.